The number of rotatable bonds is 6. The minimum atomic E-state index is -4.81. The van der Waals surface area contributed by atoms with Gasteiger partial charge in [0.05, 0.1) is 10.9 Å². The summed E-state index contributed by atoms with van der Waals surface area (Å²) in [5, 5.41) is 2.93. The maximum Gasteiger partial charge on any atom is 0.573 e. The molecule has 30 heavy (non-hydrogen) atoms. The molecule has 1 aliphatic rings. The Morgan fingerprint density at radius 2 is 1.70 bits per heavy atom. The molecule has 0 saturated heterocycles. The van der Waals surface area contributed by atoms with Crippen LogP contribution in [0, 0.1) is 0 Å². The third-order valence-corrected chi connectivity index (χ3v) is 6.74. The number of nitrogens with zero attached hydrogens (tertiary/aromatic N) is 3. The highest BCUT2D eigenvalue weighted by atomic mass is 32.2. The van der Waals surface area contributed by atoms with Gasteiger partial charge in [-0.25, -0.2) is 18.1 Å². The number of alkyl halides is 3. The third-order valence-electron chi connectivity index (χ3n) is 4.86. The van der Waals surface area contributed by atoms with Gasteiger partial charge in [0.1, 0.15) is 11.6 Å². The maximum absolute atomic E-state index is 13.1. The van der Waals surface area contributed by atoms with Gasteiger partial charge in [-0.15, -0.1) is 18.3 Å². The van der Waals surface area contributed by atoms with Gasteiger partial charge in [-0.3, -0.25) is 0 Å². The average Bonchev–Trinajstić information content (AvgIpc) is 3.45. The Morgan fingerprint density at radius 1 is 1.07 bits per heavy atom. The molecule has 1 fully saturated rings. The van der Waals surface area contributed by atoms with Crippen LogP contribution in [0.3, 0.4) is 0 Å². The summed E-state index contributed by atoms with van der Waals surface area (Å²) >= 11 is 0. The molecule has 10 heteroatoms. The zero-order chi connectivity index (χ0) is 21.5. The molecule has 1 saturated carbocycles. The Bertz CT molecular complexity index is 1140. The highest BCUT2D eigenvalue weighted by Gasteiger charge is 2.36. The molecule has 0 spiro atoms. The molecule has 158 valence electrons. The summed E-state index contributed by atoms with van der Waals surface area (Å²) in [5.74, 6) is 0.343. The number of para-hydroxylation sites is 1. The lowest BCUT2D eigenvalue weighted by atomic mass is 10.2. The summed E-state index contributed by atoms with van der Waals surface area (Å²) in [7, 11) is -3.96. The Balaban J connectivity index is 1.65. The number of aromatic nitrogens is 3. The SMILES string of the molecule is C[C@@H](c1ccc(OC(F)(F)F)cc1)S(=O)(=O)c1nc(C2CC2)n(-c2ccccc2)n1. The Hall–Kier alpha value is -2.88. The number of halogens is 3. The first-order valence-corrected chi connectivity index (χ1v) is 10.8. The van der Waals surface area contributed by atoms with E-state index in [1.807, 2.05) is 30.3 Å². The minimum Gasteiger partial charge on any atom is -0.406 e. The van der Waals surface area contributed by atoms with E-state index in [2.05, 4.69) is 14.8 Å². The molecular weight excluding hydrogens is 419 g/mol. The maximum atomic E-state index is 13.1. The van der Waals surface area contributed by atoms with Gasteiger partial charge in [0, 0.05) is 5.92 Å². The van der Waals surface area contributed by atoms with Crippen molar-refractivity contribution in [3.05, 3.63) is 66.0 Å². The largest absolute Gasteiger partial charge is 0.573 e. The standard InChI is InChI=1S/C20H18F3N3O3S/c1-13(14-9-11-17(12-10-14)29-20(21,22)23)30(27,28)19-24-18(15-7-8-15)26(25-19)16-5-3-2-4-6-16/h2-6,9-13,15H,7-8H2,1H3/t13-/m0/s1. The second kappa shape index (κ2) is 7.42. The zero-order valence-corrected chi connectivity index (χ0v) is 16.7. The van der Waals surface area contributed by atoms with E-state index in [0.717, 1.165) is 30.7 Å². The van der Waals surface area contributed by atoms with E-state index in [0.29, 0.717) is 11.4 Å². The smallest absolute Gasteiger partial charge is 0.406 e. The highest BCUT2D eigenvalue weighted by molar-refractivity contribution is 7.91. The molecule has 0 unspecified atom stereocenters. The summed E-state index contributed by atoms with van der Waals surface area (Å²) in [6, 6.07) is 13.9. The van der Waals surface area contributed by atoms with Crippen molar-refractivity contribution in [2.24, 2.45) is 0 Å². The van der Waals surface area contributed by atoms with Gasteiger partial charge in [0.15, 0.2) is 0 Å². The van der Waals surface area contributed by atoms with Crippen LogP contribution in [0.15, 0.2) is 59.8 Å². The fraction of sp³-hybridized carbons (Fsp3) is 0.300. The number of benzene rings is 2. The summed E-state index contributed by atoms with van der Waals surface area (Å²) in [4.78, 5) is 4.32. The highest BCUT2D eigenvalue weighted by Crippen LogP contribution is 2.40. The molecular formula is C20H18F3N3O3S. The van der Waals surface area contributed by atoms with Crippen LogP contribution >= 0.6 is 0 Å². The van der Waals surface area contributed by atoms with Gasteiger partial charge in [-0.2, -0.15) is 0 Å². The van der Waals surface area contributed by atoms with Crippen molar-refractivity contribution in [3.8, 4) is 11.4 Å². The molecule has 3 aromatic rings. The van der Waals surface area contributed by atoms with Gasteiger partial charge in [-0.1, -0.05) is 30.3 Å². The van der Waals surface area contributed by atoms with E-state index in [1.54, 1.807) is 4.68 Å². The molecule has 4 rings (SSSR count). The second-order valence-electron chi connectivity index (χ2n) is 7.08. The van der Waals surface area contributed by atoms with Gasteiger partial charge in [0.25, 0.3) is 5.16 Å². The van der Waals surface area contributed by atoms with Crippen LogP contribution < -0.4 is 4.74 Å². The molecule has 1 heterocycles. The predicted octanol–water partition coefficient (Wildman–Crippen LogP) is 4.58. The van der Waals surface area contributed by atoms with E-state index in [-0.39, 0.29) is 11.1 Å². The van der Waals surface area contributed by atoms with Crippen molar-refractivity contribution >= 4 is 9.84 Å². The molecule has 0 bridgehead atoms. The number of sulfone groups is 1. The topological polar surface area (TPSA) is 74.1 Å². The van der Waals surface area contributed by atoms with Crippen molar-refractivity contribution < 1.29 is 26.3 Å². The van der Waals surface area contributed by atoms with E-state index in [1.165, 1.54) is 19.1 Å². The van der Waals surface area contributed by atoms with Gasteiger partial charge in [0.2, 0.25) is 9.84 Å². The summed E-state index contributed by atoms with van der Waals surface area (Å²) < 4.78 is 68.6. The van der Waals surface area contributed by atoms with Crippen LogP contribution in [0.2, 0.25) is 0 Å². The normalized spacial score (nSPS) is 15.7. The Labute approximate surface area is 171 Å². The van der Waals surface area contributed by atoms with Crippen LogP contribution in [0.5, 0.6) is 5.75 Å². The van der Waals surface area contributed by atoms with E-state index >= 15 is 0 Å². The first kappa shape index (κ1) is 20.4. The fourth-order valence-electron chi connectivity index (χ4n) is 3.07. The summed E-state index contributed by atoms with van der Waals surface area (Å²) in [6.07, 6.45) is -2.98. The van der Waals surface area contributed by atoms with Crippen molar-refractivity contribution in [1.82, 2.24) is 14.8 Å². The molecule has 1 aromatic heterocycles. The van der Waals surface area contributed by atoms with E-state index in [9.17, 15) is 21.6 Å². The number of hydrogen-bond donors (Lipinski definition) is 0. The quantitative estimate of drug-likeness (QED) is 0.565. The molecule has 1 atom stereocenters. The zero-order valence-electron chi connectivity index (χ0n) is 15.9. The predicted molar refractivity (Wildman–Crippen MR) is 102 cm³/mol. The minimum absolute atomic E-state index is 0.163. The first-order chi connectivity index (χ1) is 14.1. The number of hydrogen-bond acceptors (Lipinski definition) is 5. The van der Waals surface area contributed by atoms with E-state index in [4.69, 9.17) is 0 Å². The molecule has 0 radical (unpaired) electrons. The van der Waals surface area contributed by atoms with Crippen LogP contribution in [0.25, 0.3) is 5.69 Å². The lowest BCUT2D eigenvalue weighted by molar-refractivity contribution is -0.274. The molecule has 1 aliphatic carbocycles. The van der Waals surface area contributed by atoms with Crippen molar-refractivity contribution in [2.75, 3.05) is 0 Å². The summed E-state index contributed by atoms with van der Waals surface area (Å²) in [5.41, 5.74) is 1.03. The van der Waals surface area contributed by atoms with Crippen LogP contribution in [0.1, 0.15) is 42.3 Å². The van der Waals surface area contributed by atoms with Gasteiger partial charge < -0.3 is 4.74 Å². The average molecular weight is 437 g/mol. The Kier molecular flexibility index (Phi) is 5.05. The molecule has 2 aromatic carbocycles. The third kappa shape index (κ3) is 4.18. The molecule has 0 amide bonds. The van der Waals surface area contributed by atoms with Crippen LogP contribution in [-0.2, 0) is 9.84 Å². The van der Waals surface area contributed by atoms with Gasteiger partial charge >= 0.3 is 6.36 Å². The lowest BCUT2D eigenvalue weighted by Gasteiger charge is -2.13. The van der Waals surface area contributed by atoms with Crippen molar-refractivity contribution in [3.63, 3.8) is 0 Å². The second-order valence-corrected chi connectivity index (χ2v) is 9.24. The first-order valence-electron chi connectivity index (χ1n) is 9.27. The van der Waals surface area contributed by atoms with Crippen molar-refractivity contribution in [1.29, 1.82) is 0 Å². The van der Waals surface area contributed by atoms with Gasteiger partial charge in [-0.05, 0) is 49.6 Å². The van der Waals surface area contributed by atoms with E-state index < -0.39 is 27.2 Å². The lowest BCUT2D eigenvalue weighted by Crippen LogP contribution is -2.17. The molecule has 0 N–H and O–H groups in total. The van der Waals surface area contributed by atoms with Crippen molar-refractivity contribution in [2.45, 2.75) is 42.5 Å². The monoisotopic (exact) mass is 437 g/mol. The molecule has 0 aliphatic heterocycles. The fourth-order valence-corrected chi connectivity index (χ4v) is 4.32. The van der Waals surface area contributed by atoms with Crippen LogP contribution in [-0.4, -0.2) is 29.5 Å². The summed E-state index contributed by atoms with van der Waals surface area (Å²) in [6.45, 7) is 1.45. The van der Waals surface area contributed by atoms with Crippen LogP contribution in [0.4, 0.5) is 13.2 Å². The Morgan fingerprint density at radius 3 is 2.27 bits per heavy atom. The molecule has 6 nitrogen and oxygen atoms in total. The number of ether oxygens (including phenoxy) is 1.